The Hall–Kier alpha value is -1.96. The molecule has 0 unspecified atom stereocenters. The van der Waals surface area contributed by atoms with E-state index in [-0.39, 0.29) is 6.04 Å². The molecule has 6 nitrogen and oxygen atoms in total. The lowest BCUT2D eigenvalue weighted by atomic mass is 9.96. The number of sulfonamides is 1. The van der Waals surface area contributed by atoms with Crippen molar-refractivity contribution in [1.82, 2.24) is 9.29 Å². The molecule has 1 aromatic heterocycles. The van der Waals surface area contributed by atoms with Gasteiger partial charge < -0.3 is 9.64 Å². The van der Waals surface area contributed by atoms with Crippen molar-refractivity contribution in [2.24, 2.45) is 0 Å². The van der Waals surface area contributed by atoms with E-state index in [0.29, 0.717) is 24.7 Å². The van der Waals surface area contributed by atoms with Crippen molar-refractivity contribution in [3.63, 3.8) is 0 Å². The van der Waals surface area contributed by atoms with Gasteiger partial charge >= 0.3 is 0 Å². The molecular weight excluding hydrogens is 386 g/mol. The van der Waals surface area contributed by atoms with Gasteiger partial charge in [0.05, 0.1) is 24.2 Å². The first-order chi connectivity index (χ1) is 14.0. The van der Waals surface area contributed by atoms with Gasteiger partial charge in [0.1, 0.15) is 5.82 Å². The number of piperidine rings is 1. The van der Waals surface area contributed by atoms with Crippen molar-refractivity contribution in [2.45, 2.75) is 44.0 Å². The van der Waals surface area contributed by atoms with Gasteiger partial charge in [-0.25, -0.2) is 13.4 Å². The molecule has 2 fully saturated rings. The van der Waals surface area contributed by atoms with Crippen LogP contribution in [-0.4, -0.2) is 50.6 Å². The molecule has 3 heterocycles. The summed E-state index contributed by atoms with van der Waals surface area (Å²) in [5.74, 6) is 0.943. The van der Waals surface area contributed by atoms with Crippen LogP contribution in [-0.2, 0) is 14.8 Å². The second-order valence-electron chi connectivity index (χ2n) is 7.88. The predicted octanol–water partition coefficient (Wildman–Crippen LogP) is 3.45. The maximum absolute atomic E-state index is 13.4. The minimum absolute atomic E-state index is 0.165. The third-order valence-electron chi connectivity index (χ3n) is 5.89. The Labute approximate surface area is 173 Å². The molecule has 0 N–H and O–H groups in total. The van der Waals surface area contributed by atoms with Gasteiger partial charge in [0.25, 0.3) is 0 Å². The summed E-state index contributed by atoms with van der Waals surface area (Å²) in [6.07, 6.45) is 2.74. The van der Waals surface area contributed by atoms with Gasteiger partial charge in [0.15, 0.2) is 0 Å². The quantitative estimate of drug-likeness (QED) is 0.765. The van der Waals surface area contributed by atoms with Crippen molar-refractivity contribution in [2.75, 3.05) is 37.7 Å². The van der Waals surface area contributed by atoms with Crippen LogP contribution in [0.4, 0.5) is 5.82 Å². The van der Waals surface area contributed by atoms with Gasteiger partial charge in [-0.05, 0) is 50.5 Å². The molecule has 0 radical (unpaired) electrons. The molecular formula is C22H29N3O3S. The lowest BCUT2D eigenvalue weighted by Gasteiger charge is -2.36. The smallest absolute Gasteiger partial charge is 0.243 e. The molecule has 2 aliphatic rings. The van der Waals surface area contributed by atoms with E-state index >= 15 is 0 Å². The van der Waals surface area contributed by atoms with Crippen LogP contribution in [0.3, 0.4) is 0 Å². The van der Waals surface area contributed by atoms with Crippen molar-refractivity contribution >= 4 is 15.8 Å². The van der Waals surface area contributed by atoms with Crippen molar-refractivity contribution in [1.29, 1.82) is 0 Å². The van der Waals surface area contributed by atoms with E-state index in [1.54, 1.807) is 16.4 Å². The third kappa shape index (κ3) is 4.17. The fraction of sp³-hybridized carbons (Fsp3) is 0.500. The zero-order valence-corrected chi connectivity index (χ0v) is 18.0. The summed E-state index contributed by atoms with van der Waals surface area (Å²) < 4.78 is 33.9. The van der Waals surface area contributed by atoms with Crippen molar-refractivity contribution in [3.8, 4) is 0 Å². The number of aryl methyl sites for hydroxylation is 2. The van der Waals surface area contributed by atoms with E-state index in [9.17, 15) is 8.42 Å². The van der Waals surface area contributed by atoms with Gasteiger partial charge in [-0.3, -0.25) is 0 Å². The standard InChI is InChI=1S/C22H29N3O3S/c1-17-6-8-19(9-7-17)29(26,27)25-12-4-3-5-21(25)20-10-11-22(23-18(20)2)24-13-15-28-16-14-24/h6-11,21H,3-5,12-16H2,1-2H3/t21-/m0/s1. The van der Waals surface area contributed by atoms with E-state index in [4.69, 9.17) is 9.72 Å². The molecule has 0 bridgehead atoms. The zero-order chi connectivity index (χ0) is 20.4. The molecule has 2 aromatic rings. The zero-order valence-electron chi connectivity index (χ0n) is 17.2. The van der Waals surface area contributed by atoms with Crippen LogP contribution in [0.5, 0.6) is 0 Å². The van der Waals surface area contributed by atoms with Crippen LogP contribution >= 0.6 is 0 Å². The van der Waals surface area contributed by atoms with Crippen LogP contribution in [0.25, 0.3) is 0 Å². The molecule has 1 aromatic carbocycles. The highest BCUT2D eigenvalue weighted by Crippen LogP contribution is 2.37. The highest BCUT2D eigenvalue weighted by atomic mass is 32.2. The minimum atomic E-state index is -3.54. The van der Waals surface area contributed by atoms with Gasteiger partial charge in [-0.15, -0.1) is 0 Å². The summed E-state index contributed by atoms with van der Waals surface area (Å²) in [4.78, 5) is 7.41. The Kier molecular flexibility index (Phi) is 5.90. The number of morpholine rings is 1. The second kappa shape index (κ2) is 8.42. The van der Waals surface area contributed by atoms with Crippen LogP contribution < -0.4 is 4.90 Å². The van der Waals surface area contributed by atoms with Crippen molar-refractivity contribution < 1.29 is 13.2 Å². The molecule has 2 saturated heterocycles. The average Bonchev–Trinajstić information content (AvgIpc) is 2.75. The first-order valence-electron chi connectivity index (χ1n) is 10.4. The fourth-order valence-electron chi connectivity index (χ4n) is 4.23. The molecule has 0 saturated carbocycles. The molecule has 4 rings (SSSR count). The van der Waals surface area contributed by atoms with Crippen molar-refractivity contribution in [3.05, 3.63) is 53.2 Å². The molecule has 0 aliphatic carbocycles. The average molecular weight is 416 g/mol. The SMILES string of the molecule is Cc1ccc(S(=O)(=O)N2CCCC[C@H]2c2ccc(N3CCOCC3)nc2C)cc1. The topological polar surface area (TPSA) is 62.7 Å². The highest BCUT2D eigenvalue weighted by Gasteiger charge is 2.35. The number of hydrogen-bond acceptors (Lipinski definition) is 5. The van der Waals surface area contributed by atoms with Gasteiger partial charge in [-0.1, -0.05) is 30.2 Å². The van der Waals surface area contributed by atoms with E-state index in [1.807, 2.05) is 32.0 Å². The number of aromatic nitrogens is 1. The molecule has 0 spiro atoms. The Morgan fingerprint density at radius 1 is 0.966 bits per heavy atom. The monoisotopic (exact) mass is 415 g/mol. The molecule has 1 atom stereocenters. The normalized spacial score (nSPS) is 21.3. The van der Waals surface area contributed by atoms with E-state index < -0.39 is 10.0 Å². The van der Waals surface area contributed by atoms with Gasteiger partial charge in [0, 0.05) is 25.3 Å². The minimum Gasteiger partial charge on any atom is -0.378 e. The summed E-state index contributed by atoms with van der Waals surface area (Å²) >= 11 is 0. The lowest BCUT2D eigenvalue weighted by molar-refractivity contribution is 0.122. The molecule has 2 aliphatic heterocycles. The summed E-state index contributed by atoms with van der Waals surface area (Å²) in [5, 5.41) is 0. The van der Waals surface area contributed by atoms with Crippen LogP contribution in [0, 0.1) is 13.8 Å². The maximum Gasteiger partial charge on any atom is 0.243 e. The van der Waals surface area contributed by atoms with E-state index in [0.717, 1.165) is 55.0 Å². The first-order valence-corrected chi connectivity index (χ1v) is 11.8. The van der Waals surface area contributed by atoms with Crippen LogP contribution in [0.1, 0.15) is 42.1 Å². The lowest BCUT2D eigenvalue weighted by Crippen LogP contribution is -2.39. The maximum atomic E-state index is 13.4. The van der Waals surface area contributed by atoms with Gasteiger partial charge in [-0.2, -0.15) is 4.31 Å². The number of rotatable bonds is 4. The number of pyridine rings is 1. The summed E-state index contributed by atoms with van der Waals surface area (Å²) in [7, 11) is -3.54. The van der Waals surface area contributed by atoms with Crippen LogP contribution in [0.15, 0.2) is 41.3 Å². The fourth-order valence-corrected chi connectivity index (χ4v) is 5.90. The molecule has 29 heavy (non-hydrogen) atoms. The number of hydrogen-bond donors (Lipinski definition) is 0. The Bertz CT molecular complexity index is 954. The predicted molar refractivity (Wildman–Crippen MR) is 114 cm³/mol. The highest BCUT2D eigenvalue weighted by molar-refractivity contribution is 7.89. The Morgan fingerprint density at radius 2 is 1.69 bits per heavy atom. The van der Waals surface area contributed by atoms with Crippen LogP contribution in [0.2, 0.25) is 0 Å². The summed E-state index contributed by atoms with van der Waals surface area (Å²) in [6.45, 7) is 7.61. The number of anilines is 1. The van der Waals surface area contributed by atoms with E-state index in [1.165, 1.54) is 0 Å². The molecule has 0 amide bonds. The Morgan fingerprint density at radius 3 is 2.38 bits per heavy atom. The number of nitrogens with zero attached hydrogens (tertiary/aromatic N) is 3. The summed E-state index contributed by atoms with van der Waals surface area (Å²) in [6, 6.07) is 11.1. The third-order valence-corrected chi connectivity index (χ3v) is 7.81. The largest absolute Gasteiger partial charge is 0.378 e. The van der Waals surface area contributed by atoms with Gasteiger partial charge in [0.2, 0.25) is 10.0 Å². The van der Waals surface area contributed by atoms with E-state index in [2.05, 4.69) is 11.0 Å². The number of ether oxygens (including phenoxy) is 1. The second-order valence-corrected chi connectivity index (χ2v) is 9.77. The molecule has 156 valence electrons. The summed E-state index contributed by atoms with van der Waals surface area (Å²) in [5.41, 5.74) is 2.97. The molecule has 7 heteroatoms. The first kappa shape index (κ1) is 20.3. The Balaban J connectivity index is 1.64. The number of benzene rings is 1.